The van der Waals surface area contributed by atoms with Gasteiger partial charge in [-0.1, -0.05) is 29.4 Å². The highest BCUT2D eigenvalue weighted by atomic mass is 35.5. The van der Waals surface area contributed by atoms with Gasteiger partial charge in [0.1, 0.15) is 0 Å². The zero-order valence-corrected chi connectivity index (χ0v) is 17.9. The topological polar surface area (TPSA) is 114 Å². The zero-order valence-electron chi connectivity index (χ0n) is 15.5. The quantitative estimate of drug-likeness (QED) is 0.524. The van der Waals surface area contributed by atoms with Gasteiger partial charge in [0.15, 0.2) is 0 Å². The highest BCUT2D eigenvalue weighted by molar-refractivity contribution is 7.99. The van der Waals surface area contributed by atoms with Gasteiger partial charge in [-0.05, 0) is 48.9 Å². The smallest absolute Gasteiger partial charge is 0.277 e. The second-order valence-electron chi connectivity index (χ2n) is 6.13. The molecule has 0 aliphatic carbocycles. The summed E-state index contributed by atoms with van der Waals surface area (Å²) in [5.41, 5.74) is 2.60. The molecule has 3 aromatic rings. The number of carbonyl (C=O) groups excluding carboxylic acids is 1. The van der Waals surface area contributed by atoms with Crippen molar-refractivity contribution < 1.29 is 17.6 Å². The van der Waals surface area contributed by atoms with Gasteiger partial charge < -0.3 is 9.73 Å². The van der Waals surface area contributed by atoms with Gasteiger partial charge in [0, 0.05) is 22.0 Å². The van der Waals surface area contributed by atoms with Crippen molar-refractivity contribution in [1.29, 1.82) is 0 Å². The Morgan fingerprint density at radius 1 is 1.14 bits per heavy atom. The Balaban J connectivity index is 1.57. The average molecular weight is 453 g/mol. The van der Waals surface area contributed by atoms with E-state index in [1.165, 1.54) is 0 Å². The largest absolute Gasteiger partial charge is 0.411 e. The first kappa shape index (κ1) is 21.2. The molecule has 1 aromatic heterocycles. The van der Waals surface area contributed by atoms with Crippen LogP contribution in [0.5, 0.6) is 0 Å². The number of nitrogens with zero attached hydrogens (tertiary/aromatic N) is 2. The maximum Gasteiger partial charge on any atom is 0.277 e. The molecule has 1 amide bonds. The Morgan fingerprint density at radius 3 is 2.48 bits per heavy atom. The van der Waals surface area contributed by atoms with Crippen LogP contribution in [-0.4, -0.2) is 36.5 Å². The first-order valence-electron chi connectivity index (χ1n) is 8.30. The number of halogens is 1. The van der Waals surface area contributed by atoms with Crippen molar-refractivity contribution >= 4 is 50.7 Å². The van der Waals surface area contributed by atoms with E-state index < -0.39 is 10.0 Å². The van der Waals surface area contributed by atoms with Gasteiger partial charge in [0.2, 0.25) is 21.8 Å². The lowest BCUT2D eigenvalue weighted by atomic mass is 10.2. The number of aryl methyl sites for hydroxylation is 1. The predicted octanol–water partition coefficient (Wildman–Crippen LogP) is 3.80. The Bertz CT molecular complexity index is 1130. The Hall–Kier alpha value is -2.56. The monoisotopic (exact) mass is 452 g/mol. The van der Waals surface area contributed by atoms with Gasteiger partial charge in [0.25, 0.3) is 5.22 Å². The van der Waals surface area contributed by atoms with Crippen LogP contribution in [0, 0.1) is 6.92 Å². The van der Waals surface area contributed by atoms with Crippen LogP contribution in [0.25, 0.3) is 11.5 Å². The second-order valence-corrected chi connectivity index (χ2v) is 9.21. The number of nitrogens with one attached hydrogen (secondary N) is 2. The lowest BCUT2D eigenvalue weighted by molar-refractivity contribution is -0.113. The van der Waals surface area contributed by atoms with Gasteiger partial charge in [-0.2, -0.15) is 0 Å². The van der Waals surface area contributed by atoms with E-state index in [1.807, 2.05) is 13.0 Å². The maximum atomic E-state index is 12.1. The van der Waals surface area contributed by atoms with Crippen LogP contribution in [0.1, 0.15) is 5.56 Å². The number of hydrogen-bond acceptors (Lipinski definition) is 7. The number of hydrogen-bond donors (Lipinski definition) is 2. The van der Waals surface area contributed by atoms with E-state index in [1.54, 1.807) is 36.4 Å². The van der Waals surface area contributed by atoms with E-state index >= 15 is 0 Å². The molecular formula is C18H17ClN4O4S2. The lowest BCUT2D eigenvalue weighted by Crippen LogP contribution is -2.14. The molecule has 2 N–H and O–H groups in total. The van der Waals surface area contributed by atoms with Crippen LogP contribution in [0.3, 0.4) is 0 Å². The Kier molecular flexibility index (Phi) is 6.46. The number of benzene rings is 2. The van der Waals surface area contributed by atoms with Crippen LogP contribution in [0.2, 0.25) is 5.02 Å². The summed E-state index contributed by atoms with van der Waals surface area (Å²) in [5.74, 6) is 0.125. The van der Waals surface area contributed by atoms with E-state index in [0.717, 1.165) is 23.6 Å². The number of carbonyl (C=O) groups is 1. The van der Waals surface area contributed by atoms with Crippen molar-refractivity contribution in [3.8, 4) is 11.5 Å². The molecule has 3 rings (SSSR count). The zero-order chi connectivity index (χ0) is 21.0. The summed E-state index contributed by atoms with van der Waals surface area (Å²) in [7, 11) is -3.34. The molecule has 0 spiro atoms. The fraction of sp³-hybridized carbons (Fsp3) is 0.167. The SMILES string of the molecule is Cc1ccc(NC(=O)CSc2nnc(-c3ccc(NS(C)(=O)=O)cc3)o2)cc1Cl. The molecule has 1 heterocycles. The van der Waals surface area contributed by atoms with Crippen molar-refractivity contribution in [3.63, 3.8) is 0 Å². The third kappa shape index (κ3) is 6.21. The van der Waals surface area contributed by atoms with Crippen molar-refractivity contribution in [1.82, 2.24) is 10.2 Å². The number of rotatable bonds is 7. The van der Waals surface area contributed by atoms with Crippen LogP contribution in [0.15, 0.2) is 52.1 Å². The van der Waals surface area contributed by atoms with Crippen LogP contribution in [-0.2, 0) is 14.8 Å². The van der Waals surface area contributed by atoms with Crippen LogP contribution < -0.4 is 10.0 Å². The van der Waals surface area contributed by atoms with Gasteiger partial charge in [-0.15, -0.1) is 10.2 Å². The van der Waals surface area contributed by atoms with Gasteiger partial charge >= 0.3 is 0 Å². The van der Waals surface area contributed by atoms with Crippen molar-refractivity contribution in [2.75, 3.05) is 22.0 Å². The van der Waals surface area contributed by atoms with E-state index in [0.29, 0.717) is 22.0 Å². The van der Waals surface area contributed by atoms with E-state index in [9.17, 15) is 13.2 Å². The van der Waals surface area contributed by atoms with Gasteiger partial charge in [0.05, 0.1) is 12.0 Å². The molecule has 0 radical (unpaired) electrons. The lowest BCUT2D eigenvalue weighted by Gasteiger charge is -2.05. The standard InChI is InChI=1S/C18H17ClN4O4S2/c1-11-3-6-14(9-15(11)19)20-16(24)10-28-18-22-21-17(27-18)12-4-7-13(8-5-12)23-29(2,25)26/h3-9,23H,10H2,1-2H3,(H,20,24). The van der Waals surface area contributed by atoms with Crippen LogP contribution in [0.4, 0.5) is 11.4 Å². The third-order valence-electron chi connectivity index (χ3n) is 3.62. The van der Waals surface area contributed by atoms with E-state index in [4.69, 9.17) is 16.0 Å². The molecule has 2 aromatic carbocycles. The molecule has 29 heavy (non-hydrogen) atoms. The minimum Gasteiger partial charge on any atom is -0.411 e. The molecule has 0 atom stereocenters. The third-order valence-corrected chi connectivity index (χ3v) is 5.46. The molecule has 0 fully saturated rings. The van der Waals surface area contributed by atoms with Gasteiger partial charge in [-0.3, -0.25) is 9.52 Å². The first-order chi connectivity index (χ1) is 13.7. The van der Waals surface area contributed by atoms with Gasteiger partial charge in [-0.25, -0.2) is 8.42 Å². The molecule has 152 valence electrons. The fourth-order valence-electron chi connectivity index (χ4n) is 2.27. The number of aromatic nitrogens is 2. The fourth-order valence-corrected chi connectivity index (χ4v) is 3.58. The summed E-state index contributed by atoms with van der Waals surface area (Å²) in [4.78, 5) is 12.1. The van der Waals surface area contributed by atoms with E-state index in [-0.39, 0.29) is 22.8 Å². The average Bonchev–Trinajstić information content (AvgIpc) is 3.11. The summed E-state index contributed by atoms with van der Waals surface area (Å²) in [6.07, 6.45) is 1.08. The molecular weight excluding hydrogens is 436 g/mol. The number of thioether (sulfide) groups is 1. The van der Waals surface area contributed by atoms with E-state index in [2.05, 4.69) is 20.2 Å². The molecule has 0 saturated heterocycles. The molecule has 0 aliphatic heterocycles. The minimum absolute atomic E-state index is 0.0876. The highest BCUT2D eigenvalue weighted by Gasteiger charge is 2.12. The normalized spacial score (nSPS) is 11.3. The summed E-state index contributed by atoms with van der Waals surface area (Å²) in [6.45, 7) is 1.88. The first-order valence-corrected chi connectivity index (χ1v) is 11.6. The van der Waals surface area contributed by atoms with Crippen molar-refractivity contribution in [2.24, 2.45) is 0 Å². The summed E-state index contributed by atoms with van der Waals surface area (Å²) < 4.78 is 30.4. The maximum absolute atomic E-state index is 12.1. The summed E-state index contributed by atoms with van der Waals surface area (Å²) >= 11 is 7.15. The summed E-state index contributed by atoms with van der Waals surface area (Å²) in [6, 6.07) is 11.8. The van der Waals surface area contributed by atoms with Crippen molar-refractivity contribution in [2.45, 2.75) is 12.1 Å². The van der Waals surface area contributed by atoms with Crippen LogP contribution >= 0.6 is 23.4 Å². The van der Waals surface area contributed by atoms with Crippen molar-refractivity contribution in [3.05, 3.63) is 53.1 Å². The number of sulfonamides is 1. The number of amides is 1. The minimum atomic E-state index is -3.34. The molecule has 0 bridgehead atoms. The Morgan fingerprint density at radius 2 is 1.83 bits per heavy atom. The summed E-state index contributed by atoms with van der Waals surface area (Å²) in [5, 5.41) is 11.4. The molecule has 0 unspecified atom stereocenters. The molecule has 11 heteroatoms. The molecule has 8 nitrogen and oxygen atoms in total. The molecule has 0 aliphatic rings. The highest BCUT2D eigenvalue weighted by Crippen LogP contribution is 2.25. The Labute approximate surface area is 177 Å². The second kappa shape index (κ2) is 8.85. The predicted molar refractivity (Wildman–Crippen MR) is 114 cm³/mol. The number of anilines is 2. The molecule has 0 saturated carbocycles.